The molecule has 9 heavy (non-hydrogen) atoms. The summed E-state index contributed by atoms with van der Waals surface area (Å²) in [5.41, 5.74) is 0. The highest BCUT2D eigenvalue weighted by Crippen LogP contribution is 2.41. The van der Waals surface area contributed by atoms with Crippen LogP contribution in [0.25, 0.3) is 0 Å². The number of hydrogen-bond donors (Lipinski definition) is 0. The molecule has 1 saturated heterocycles. The zero-order valence-corrected chi connectivity index (χ0v) is 6.85. The number of ether oxygens (including phenoxy) is 1. The Balaban J connectivity index is 0.000000405. The van der Waals surface area contributed by atoms with Crippen LogP contribution in [-0.4, -0.2) is 23.3 Å². The third-order valence-electron chi connectivity index (χ3n) is 1.65. The smallest absolute Gasteiger partial charge is 0.169 e. The molecule has 0 N–H and O–H groups in total. The van der Waals surface area contributed by atoms with Gasteiger partial charge in [-0.1, -0.05) is 15.9 Å². The Bertz CT molecular complexity index is 150. The molecule has 2 aliphatic rings. The number of fused-ring (bicyclic) bond motifs is 1. The van der Waals surface area contributed by atoms with Crippen LogP contribution in [0.4, 0.5) is 0 Å². The molecule has 2 rings (SSSR count). The fourth-order valence-corrected chi connectivity index (χ4v) is 1.78. The molecule has 0 amide bonds. The first-order valence-electron chi connectivity index (χ1n) is 2.60. The molecule has 0 aromatic rings. The number of alkyl halides is 1. The van der Waals surface area contributed by atoms with Gasteiger partial charge in [-0.25, -0.2) is 0 Å². The van der Waals surface area contributed by atoms with Crippen molar-refractivity contribution < 1.29 is 21.9 Å². The third-order valence-corrected chi connectivity index (χ3v) is 2.48. The van der Waals surface area contributed by atoms with Crippen LogP contribution in [0.3, 0.4) is 0 Å². The number of hydrogen-bond acceptors (Lipinski definition) is 2. The van der Waals surface area contributed by atoms with E-state index in [1.54, 1.807) is 0 Å². The highest BCUT2D eigenvalue weighted by molar-refractivity contribution is 9.09. The average Bonchev–Trinajstić information content (AvgIpc) is 2.13. The summed E-state index contributed by atoms with van der Waals surface area (Å²) in [7, 11) is 0. The molecule has 0 spiro atoms. The van der Waals surface area contributed by atoms with Gasteiger partial charge in [0.1, 0.15) is 6.10 Å². The molecule has 0 aromatic carbocycles. The van der Waals surface area contributed by atoms with Crippen LogP contribution < -0.4 is 12.4 Å². The van der Waals surface area contributed by atoms with Crippen molar-refractivity contribution in [1.82, 2.24) is 0 Å². The maximum absolute atomic E-state index is 10.6. The fourth-order valence-electron chi connectivity index (χ4n) is 1.09. The summed E-state index contributed by atoms with van der Waals surface area (Å²) in [6.45, 7) is 0.709. The van der Waals surface area contributed by atoms with Crippen LogP contribution in [0.1, 0.15) is 0 Å². The van der Waals surface area contributed by atoms with E-state index in [2.05, 4.69) is 15.9 Å². The number of carbonyl (C=O) groups excluding carboxylic acids is 1. The van der Waals surface area contributed by atoms with Gasteiger partial charge in [0.15, 0.2) is 5.78 Å². The van der Waals surface area contributed by atoms with Crippen molar-refractivity contribution in [2.75, 3.05) is 6.61 Å². The molecule has 2 nitrogen and oxygen atoms in total. The molecule has 52 valence electrons. The molecule has 0 bridgehead atoms. The minimum atomic E-state index is -0.0284. The van der Waals surface area contributed by atoms with Gasteiger partial charge in [0.25, 0.3) is 0 Å². The van der Waals surface area contributed by atoms with Crippen molar-refractivity contribution in [3.63, 3.8) is 0 Å². The molecule has 0 radical (unpaired) electrons. The van der Waals surface area contributed by atoms with Crippen molar-refractivity contribution in [1.29, 1.82) is 0 Å². The number of ketones is 1. The number of Topliss-reactive ketones (excluding diaryl/α,β-unsaturated/α-hetero) is 1. The minimum absolute atomic E-state index is 0. The van der Waals surface area contributed by atoms with Gasteiger partial charge in [-0.15, -0.1) is 0 Å². The lowest BCUT2D eigenvalue weighted by Gasteiger charge is -1.95. The molecule has 4 heteroatoms. The molecule has 0 aromatic heterocycles. The second-order valence-corrected chi connectivity index (χ2v) is 3.37. The molecule has 1 aliphatic carbocycles. The highest BCUT2D eigenvalue weighted by Gasteiger charge is 2.58. The fraction of sp³-hybridized carbons (Fsp3) is 0.800. The van der Waals surface area contributed by atoms with Crippen molar-refractivity contribution in [3.05, 3.63) is 0 Å². The van der Waals surface area contributed by atoms with Gasteiger partial charge < -0.3 is 17.1 Å². The van der Waals surface area contributed by atoms with E-state index in [1.165, 1.54) is 0 Å². The zero-order valence-electron chi connectivity index (χ0n) is 4.51. The van der Waals surface area contributed by atoms with E-state index in [9.17, 15) is 4.79 Å². The van der Waals surface area contributed by atoms with Gasteiger partial charge in [-0.3, -0.25) is 4.79 Å². The number of rotatable bonds is 0. The van der Waals surface area contributed by atoms with Crippen molar-refractivity contribution in [2.45, 2.75) is 10.9 Å². The monoisotopic (exact) mass is 211 g/mol. The summed E-state index contributed by atoms with van der Waals surface area (Å²) in [6, 6.07) is 0. The largest absolute Gasteiger partial charge is 1.00 e. The van der Waals surface area contributed by atoms with Gasteiger partial charge in [0.2, 0.25) is 0 Å². The van der Waals surface area contributed by atoms with E-state index < -0.39 is 0 Å². The quantitative estimate of drug-likeness (QED) is 0.410. The van der Waals surface area contributed by atoms with Crippen LogP contribution in [0.2, 0.25) is 0 Å². The first kappa shape index (κ1) is 7.51. The molecule has 1 aliphatic heterocycles. The van der Waals surface area contributed by atoms with E-state index in [0.717, 1.165) is 0 Å². The maximum atomic E-state index is 10.6. The summed E-state index contributed by atoms with van der Waals surface area (Å²) >= 11 is 3.34. The van der Waals surface area contributed by atoms with E-state index in [-0.39, 0.29) is 30.2 Å². The highest BCUT2D eigenvalue weighted by atomic mass is 79.9. The average molecular weight is 212 g/mol. The molecular formula is C5H5BrClO2-. The second-order valence-electron chi connectivity index (χ2n) is 2.20. The van der Waals surface area contributed by atoms with E-state index in [1.807, 2.05) is 0 Å². The lowest BCUT2D eigenvalue weighted by Crippen LogP contribution is -3.00. The SMILES string of the molecule is O=C1C2OCC(Br)C12.[Cl-]. The third kappa shape index (κ3) is 0.914. The predicted molar refractivity (Wildman–Crippen MR) is 31.0 cm³/mol. The molecule has 1 heterocycles. The summed E-state index contributed by atoms with van der Waals surface area (Å²) in [5.74, 6) is 0.480. The van der Waals surface area contributed by atoms with Gasteiger partial charge in [0, 0.05) is 0 Å². The Kier molecular flexibility index (Phi) is 1.85. The van der Waals surface area contributed by atoms with E-state index in [4.69, 9.17) is 4.74 Å². The minimum Gasteiger partial charge on any atom is -1.00 e. The topological polar surface area (TPSA) is 26.3 Å². The summed E-state index contributed by atoms with van der Waals surface area (Å²) in [5, 5.41) is 0. The van der Waals surface area contributed by atoms with Crippen molar-refractivity contribution in [2.24, 2.45) is 5.92 Å². The van der Waals surface area contributed by atoms with Gasteiger partial charge in [-0.05, 0) is 0 Å². The van der Waals surface area contributed by atoms with E-state index >= 15 is 0 Å². The summed E-state index contributed by atoms with van der Waals surface area (Å²) in [4.78, 5) is 10.9. The number of halogens is 2. The number of carbonyl (C=O) groups is 1. The molecule has 2 fully saturated rings. The van der Waals surface area contributed by atoms with Crippen LogP contribution in [0, 0.1) is 5.92 Å². The second kappa shape index (κ2) is 2.22. The molecule has 1 saturated carbocycles. The lowest BCUT2D eigenvalue weighted by atomic mass is 10.3. The summed E-state index contributed by atoms with van der Waals surface area (Å²) < 4.78 is 5.05. The van der Waals surface area contributed by atoms with Crippen LogP contribution >= 0.6 is 15.9 Å². The first-order chi connectivity index (χ1) is 3.80. The first-order valence-corrected chi connectivity index (χ1v) is 3.51. The molecular weight excluding hydrogens is 207 g/mol. The van der Waals surface area contributed by atoms with Gasteiger partial charge in [-0.2, -0.15) is 0 Å². The zero-order chi connectivity index (χ0) is 5.72. The van der Waals surface area contributed by atoms with Crippen molar-refractivity contribution >= 4 is 21.7 Å². The van der Waals surface area contributed by atoms with Crippen LogP contribution in [-0.2, 0) is 9.53 Å². The Morgan fingerprint density at radius 2 is 2.33 bits per heavy atom. The Morgan fingerprint density at radius 3 is 2.56 bits per heavy atom. The molecule has 3 atom stereocenters. The van der Waals surface area contributed by atoms with Gasteiger partial charge >= 0.3 is 0 Å². The molecule has 3 unspecified atom stereocenters. The van der Waals surface area contributed by atoms with Crippen LogP contribution in [0.15, 0.2) is 0 Å². The summed E-state index contributed by atoms with van der Waals surface area (Å²) in [6.07, 6.45) is -0.0284. The van der Waals surface area contributed by atoms with Gasteiger partial charge in [0.05, 0.1) is 17.4 Å². The Hall–Kier alpha value is 0.400. The normalized spacial score (nSPS) is 45.9. The maximum Gasteiger partial charge on any atom is 0.169 e. The van der Waals surface area contributed by atoms with Crippen molar-refractivity contribution in [3.8, 4) is 0 Å². The predicted octanol–water partition coefficient (Wildman–Crippen LogP) is -2.65. The Morgan fingerprint density at radius 1 is 1.67 bits per heavy atom. The Labute approximate surface area is 67.5 Å². The lowest BCUT2D eigenvalue weighted by molar-refractivity contribution is -0.115. The standard InChI is InChI=1S/C5H5BrO2.ClH/c6-2-1-8-5-3(2)4(5)7;/h2-3,5H,1H2;1H/p-1. The van der Waals surface area contributed by atoms with Crippen LogP contribution in [0.5, 0.6) is 0 Å². The van der Waals surface area contributed by atoms with E-state index in [0.29, 0.717) is 11.4 Å².